The van der Waals surface area contributed by atoms with Crippen LogP contribution >= 0.6 is 11.8 Å². The predicted molar refractivity (Wildman–Crippen MR) is 69.8 cm³/mol. The zero-order chi connectivity index (χ0) is 13.2. The predicted octanol–water partition coefficient (Wildman–Crippen LogP) is 2.18. The maximum absolute atomic E-state index is 12.9. The van der Waals surface area contributed by atoms with Gasteiger partial charge in [-0.05, 0) is 24.3 Å². The van der Waals surface area contributed by atoms with Crippen LogP contribution in [0.25, 0.3) is 0 Å². The number of benzene rings is 1. The van der Waals surface area contributed by atoms with Crippen LogP contribution in [0.2, 0.25) is 0 Å². The molecule has 2 heterocycles. The third-order valence-corrected chi connectivity index (χ3v) is 3.72. The van der Waals surface area contributed by atoms with E-state index in [0.29, 0.717) is 5.75 Å². The average molecular weight is 275 g/mol. The highest BCUT2D eigenvalue weighted by atomic mass is 32.2. The molecule has 0 atom stereocenters. The Kier molecular flexibility index (Phi) is 3.09. The quantitative estimate of drug-likeness (QED) is 0.804. The Morgan fingerprint density at radius 3 is 2.79 bits per heavy atom. The minimum Gasteiger partial charge on any atom is -0.309 e. The van der Waals surface area contributed by atoms with Crippen molar-refractivity contribution < 1.29 is 4.39 Å². The molecule has 0 saturated carbocycles. The van der Waals surface area contributed by atoms with Crippen LogP contribution in [0.3, 0.4) is 0 Å². The van der Waals surface area contributed by atoms with E-state index in [9.17, 15) is 4.39 Å². The van der Waals surface area contributed by atoms with Gasteiger partial charge in [0.15, 0.2) is 5.16 Å². The highest BCUT2D eigenvalue weighted by Gasteiger charge is 2.25. The number of hydrogen-bond acceptors (Lipinski definition) is 5. The minimum atomic E-state index is -0.255. The number of thioether (sulfide) groups is 1. The molecule has 3 rings (SSSR count). The van der Waals surface area contributed by atoms with Gasteiger partial charge in [0.05, 0.1) is 11.8 Å². The average Bonchev–Trinajstić information content (AvgIpc) is 2.99. The molecule has 19 heavy (non-hydrogen) atoms. The van der Waals surface area contributed by atoms with Gasteiger partial charge in [-0.3, -0.25) is 4.57 Å². The van der Waals surface area contributed by atoms with Gasteiger partial charge in [0.25, 0.3) is 0 Å². The first-order chi connectivity index (χ1) is 9.29. The first-order valence-corrected chi connectivity index (χ1v) is 6.74. The monoisotopic (exact) mass is 275 g/mol. The van der Waals surface area contributed by atoms with Gasteiger partial charge >= 0.3 is 0 Å². The summed E-state index contributed by atoms with van der Waals surface area (Å²) in [5, 5.41) is 17.6. The largest absolute Gasteiger partial charge is 0.309 e. The summed E-state index contributed by atoms with van der Waals surface area (Å²) in [5.74, 6) is 0.844. The minimum absolute atomic E-state index is 0.255. The number of aromatic nitrogens is 3. The van der Waals surface area contributed by atoms with Gasteiger partial charge in [0.2, 0.25) is 5.95 Å². The Hall–Kier alpha value is -2.07. The molecule has 0 saturated heterocycles. The highest BCUT2D eigenvalue weighted by Crippen LogP contribution is 2.31. The van der Waals surface area contributed by atoms with Crippen molar-refractivity contribution in [3.8, 4) is 6.07 Å². The van der Waals surface area contributed by atoms with Crippen molar-refractivity contribution >= 4 is 23.4 Å². The summed E-state index contributed by atoms with van der Waals surface area (Å²) in [7, 11) is 0. The Labute approximate surface area is 113 Å². The van der Waals surface area contributed by atoms with E-state index >= 15 is 0 Å². The lowest BCUT2D eigenvalue weighted by Crippen LogP contribution is -2.14. The van der Waals surface area contributed by atoms with Crippen molar-refractivity contribution in [1.29, 1.82) is 5.26 Å². The molecule has 0 N–H and O–H groups in total. The maximum Gasteiger partial charge on any atom is 0.232 e. The van der Waals surface area contributed by atoms with Crippen LogP contribution in [0.5, 0.6) is 0 Å². The highest BCUT2D eigenvalue weighted by molar-refractivity contribution is 7.99. The van der Waals surface area contributed by atoms with E-state index in [-0.39, 0.29) is 5.82 Å². The van der Waals surface area contributed by atoms with Crippen molar-refractivity contribution in [1.82, 2.24) is 14.8 Å². The van der Waals surface area contributed by atoms with E-state index < -0.39 is 0 Å². The second kappa shape index (κ2) is 4.90. The SMILES string of the molecule is N#CCSc1nnc2n1CCN2c1ccc(F)cc1. The van der Waals surface area contributed by atoms with Crippen molar-refractivity contribution in [3.05, 3.63) is 30.1 Å². The molecule has 0 spiro atoms. The molecular formula is C12H10FN5S. The van der Waals surface area contributed by atoms with Crippen LogP contribution in [-0.4, -0.2) is 27.1 Å². The standard InChI is InChI=1S/C12H10FN5S/c13-9-1-3-10(4-2-9)17-6-7-18-11(17)15-16-12(18)19-8-5-14/h1-4H,6-8H2. The number of rotatable bonds is 3. The van der Waals surface area contributed by atoms with E-state index in [0.717, 1.165) is 29.9 Å². The summed E-state index contributed by atoms with van der Waals surface area (Å²) in [6, 6.07) is 8.38. The van der Waals surface area contributed by atoms with Gasteiger partial charge in [0.1, 0.15) is 5.82 Å². The Morgan fingerprint density at radius 1 is 1.26 bits per heavy atom. The fourth-order valence-electron chi connectivity index (χ4n) is 2.05. The molecule has 1 aromatic carbocycles. The van der Waals surface area contributed by atoms with Gasteiger partial charge in [0, 0.05) is 18.8 Å². The number of nitriles is 1. The van der Waals surface area contributed by atoms with Gasteiger partial charge in [-0.25, -0.2) is 4.39 Å². The first-order valence-electron chi connectivity index (χ1n) is 5.75. The number of nitrogens with zero attached hydrogens (tertiary/aromatic N) is 5. The van der Waals surface area contributed by atoms with Crippen molar-refractivity contribution in [3.63, 3.8) is 0 Å². The molecule has 1 aromatic heterocycles. The molecule has 7 heteroatoms. The van der Waals surface area contributed by atoms with Gasteiger partial charge in [-0.15, -0.1) is 10.2 Å². The fourth-order valence-corrected chi connectivity index (χ4v) is 2.67. The maximum atomic E-state index is 12.9. The Bertz CT molecular complexity index is 631. The summed E-state index contributed by atoms with van der Waals surface area (Å²) < 4.78 is 14.9. The van der Waals surface area contributed by atoms with E-state index in [2.05, 4.69) is 16.3 Å². The molecule has 1 aliphatic rings. The van der Waals surface area contributed by atoms with Crippen LogP contribution in [0.1, 0.15) is 0 Å². The molecule has 0 bridgehead atoms. The van der Waals surface area contributed by atoms with Crippen LogP contribution in [0, 0.1) is 17.1 Å². The lowest BCUT2D eigenvalue weighted by Gasteiger charge is -2.14. The summed E-state index contributed by atoms with van der Waals surface area (Å²) in [5.41, 5.74) is 0.893. The second-order valence-corrected chi connectivity index (χ2v) is 4.95. The summed E-state index contributed by atoms with van der Waals surface area (Å²) in [4.78, 5) is 1.99. The van der Waals surface area contributed by atoms with Gasteiger partial charge in [-0.1, -0.05) is 11.8 Å². The lowest BCUT2D eigenvalue weighted by atomic mass is 10.3. The molecule has 96 valence electrons. The van der Waals surface area contributed by atoms with Crippen LogP contribution in [-0.2, 0) is 6.54 Å². The molecule has 0 fully saturated rings. The first kappa shape index (κ1) is 12.0. The van der Waals surface area contributed by atoms with E-state index in [1.165, 1.54) is 23.9 Å². The van der Waals surface area contributed by atoms with Crippen LogP contribution in [0.4, 0.5) is 16.0 Å². The molecule has 0 unspecified atom stereocenters. The van der Waals surface area contributed by atoms with Crippen molar-refractivity contribution in [2.45, 2.75) is 11.7 Å². The van der Waals surface area contributed by atoms with Crippen molar-refractivity contribution in [2.75, 3.05) is 17.2 Å². The summed E-state index contributed by atoms with van der Waals surface area (Å²) in [6.07, 6.45) is 0. The number of anilines is 2. The second-order valence-electron chi connectivity index (χ2n) is 4.01. The molecule has 0 aliphatic carbocycles. The molecular weight excluding hydrogens is 265 g/mol. The van der Waals surface area contributed by atoms with Crippen molar-refractivity contribution in [2.24, 2.45) is 0 Å². The third kappa shape index (κ3) is 2.15. The van der Waals surface area contributed by atoms with E-state index in [1.54, 1.807) is 12.1 Å². The summed E-state index contributed by atoms with van der Waals surface area (Å²) >= 11 is 1.37. The zero-order valence-corrected chi connectivity index (χ0v) is 10.8. The van der Waals surface area contributed by atoms with Gasteiger partial charge in [-0.2, -0.15) is 5.26 Å². The normalized spacial score (nSPS) is 13.4. The van der Waals surface area contributed by atoms with Crippen LogP contribution in [0.15, 0.2) is 29.4 Å². The van der Waals surface area contributed by atoms with Gasteiger partial charge < -0.3 is 4.90 Å². The molecule has 1 aliphatic heterocycles. The van der Waals surface area contributed by atoms with Crippen LogP contribution < -0.4 is 4.90 Å². The smallest absolute Gasteiger partial charge is 0.232 e. The topological polar surface area (TPSA) is 57.7 Å². The zero-order valence-electron chi connectivity index (χ0n) is 9.95. The number of hydrogen-bond donors (Lipinski definition) is 0. The Balaban J connectivity index is 1.88. The fraction of sp³-hybridized carbons (Fsp3) is 0.250. The number of fused-ring (bicyclic) bond motifs is 1. The molecule has 5 nitrogen and oxygen atoms in total. The molecule has 2 aromatic rings. The molecule has 0 amide bonds. The lowest BCUT2D eigenvalue weighted by molar-refractivity contribution is 0.627. The summed E-state index contributed by atoms with van der Waals surface area (Å²) in [6.45, 7) is 1.55. The molecule has 0 radical (unpaired) electrons. The van der Waals surface area contributed by atoms with E-state index in [4.69, 9.17) is 5.26 Å². The van der Waals surface area contributed by atoms with E-state index in [1.807, 2.05) is 9.47 Å². The third-order valence-electron chi connectivity index (χ3n) is 2.89. The Morgan fingerprint density at radius 2 is 2.05 bits per heavy atom. The number of halogens is 1.